The molecule has 0 atom stereocenters. The fraction of sp³-hybridized carbons (Fsp3) is 0.667. The first kappa shape index (κ1) is 13.5. The minimum absolute atomic E-state index is 0.511. The lowest BCUT2D eigenvalue weighted by molar-refractivity contribution is 0.780. The number of nitrogens with two attached hydrogens (primary N) is 1. The van der Waals surface area contributed by atoms with Gasteiger partial charge in [-0.2, -0.15) is 5.10 Å². The van der Waals surface area contributed by atoms with E-state index in [0.29, 0.717) is 11.8 Å². The van der Waals surface area contributed by atoms with Gasteiger partial charge in [-0.3, -0.25) is 0 Å². The van der Waals surface area contributed by atoms with Crippen molar-refractivity contribution in [1.29, 1.82) is 0 Å². The second-order valence-electron chi connectivity index (χ2n) is 3.99. The number of rotatable bonds is 5. The molecule has 0 spiro atoms. The monoisotopic (exact) mass is 239 g/mol. The van der Waals surface area contributed by atoms with E-state index in [0.717, 1.165) is 23.6 Å². The lowest BCUT2D eigenvalue weighted by atomic mass is 10.0. The Morgan fingerprint density at radius 1 is 1.12 bits per heavy atom. The quantitative estimate of drug-likeness (QED) is 0.802. The average Bonchev–Trinajstić information content (AvgIpc) is 2.27. The maximum absolute atomic E-state index is 5.85. The molecule has 0 aliphatic heterocycles. The molecule has 3 nitrogen and oxygen atoms in total. The predicted octanol–water partition coefficient (Wildman–Crippen LogP) is 2.56. The first-order chi connectivity index (χ1) is 7.63. The highest BCUT2D eigenvalue weighted by molar-refractivity contribution is 7.99. The van der Waals surface area contributed by atoms with Gasteiger partial charge in [-0.05, 0) is 18.4 Å². The van der Waals surface area contributed by atoms with Gasteiger partial charge in [-0.15, -0.1) is 16.9 Å². The van der Waals surface area contributed by atoms with Crippen LogP contribution in [0.4, 0.5) is 0 Å². The van der Waals surface area contributed by atoms with Gasteiger partial charge < -0.3 is 5.73 Å². The largest absolute Gasteiger partial charge is 0.326 e. The van der Waals surface area contributed by atoms with Gasteiger partial charge in [0.25, 0.3) is 0 Å². The smallest absolute Gasteiger partial charge is 0.124 e. The highest BCUT2D eigenvalue weighted by Gasteiger charge is 2.14. The van der Waals surface area contributed by atoms with E-state index in [1.165, 1.54) is 11.1 Å². The third kappa shape index (κ3) is 2.95. The molecule has 0 bridgehead atoms. The summed E-state index contributed by atoms with van der Waals surface area (Å²) in [5.41, 5.74) is 9.42. The Balaban J connectivity index is 3.20. The number of nitrogens with zero attached hydrogens (tertiary/aromatic N) is 2. The minimum atomic E-state index is 0.511. The van der Waals surface area contributed by atoms with Crippen LogP contribution in [0.15, 0.2) is 5.03 Å². The van der Waals surface area contributed by atoms with Crippen LogP contribution >= 0.6 is 11.8 Å². The normalized spacial score (nSPS) is 11.1. The summed E-state index contributed by atoms with van der Waals surface area (Å²) in [6.07, 6.45) is 1.91. The molecular formula is C12H21N3S. The molecule has 0 fully saturated rings. The Labute approximate surface area is 102 Å². The van der Waals surface area contributed by atoms with E-state index in [2.05, 4.69) is 37.9 Å². The lowest BCUT2D eigenvalue weighted by Gasteiger charge is -2.14. The fourth-order valence-electron chi connectivity index (χ4n) is 1.76. The van der Waals surface area contributed by atoms with E-state index in [9.17, 15) is 0 Å². The molecule has 0 aliphatic rings. The van der Waals surface area contributed by atoms with Crippen LogP contribution in [0.1, 0.15) is 44.5 Å². The molecule has 1 aromatic rings. The summed E-state index contributed by atoms with van der Waals surface area (Å²) in [4.78, 5) is 0. The minimum Gasteiger partial charge on any atom is -0.326 e. The molecule has 0 radical (unpaired) electrons. The van der Waals surface area contributed by atoms with Crippen molar-refractivity contribution in [2.24, 2.45) is 5.73 Å². The Morgan fingerprint density at radius 3 is 2.25 bits per heavy atom. The van der Waals surface area contributed by atoms with Crippen LogP contribution in [0, 0.1) is 0 Å². The van der Waals surface area contributed by atoms with Crippen molar-refractivity contribution in [3.63, 3.8) is 0 Å². The molecule has 1 aromatic heterocycles. The summed E-state index contributed by atoms with van der Waals surface area (Å²) >= 11 is 1.74. The molecular weight excluding hydrogens is 218 g/mol. The first-order valence-corrected chi connectivity index (χ1v) is 6.75. The van der Waals surface area contributed by atoms with Crippen LogP contribution in [-0.4, -0.2) is 15.4 Å². The molecule has 0 saturated heterocycles. The first-order valence-electron chi connectivity index (χ1n) is 5.87. The summed E-state index contributed by atoms with van der Waals surface area (Å²) < 4.78 is 0. The average molecular weight is 239 g/mol. The van der Waals surface area contributed by atoms with Crippen LogP contribution in [0.25, 0.3) is 0 Å². The van der Waals surface area contributed by atoms with Crippen LogP contribution in [0.3, 0.4) is 0 Å². The van der Waals surface area contributed by atoms with Crippen molar-refractivity contribution in [2.45, 2.75) is 57.4 Å². The van der Waals surface area contributed by atoms with E-state index < -0.39 is 0 Å². The molecule has 0 amide bonds. The maximum Gasteiger partial charge on any atom is 0.124 e. The van der Waals surface area contributed by atoms with Gasteiger partial charge in [0.15, 0.2) is 0 Å². The zero-order chi connectivity index (χ0) is 12.1. The van der Waals surface area contributed by atoms with E-state index in [1.54, 1.807) is 11.8 Å². The molecule has 90 valence electrons. The van der Waals surface area contributed by atoms with Gasteiger partial charge >= 0.3 is 0 Å². The maximum atomic E-state index is 5.85. The molecule has 0 aliphatic carbocycles. The Morgan fingerprint density at radius 2 is 1.81 bits per heavy atom. The van der Waals surface area contributed by atoms with Gasteiger partial charge in [0.1, 0.15) is 5.03 Å². The van der Waals surface area contributed by atoms with Gasteiger partial charge in [0.05, 0.1) is 5.69 Å². The predicted molar refractivity (Wildman–Crippen MR) is 69.7 cm³/mol. The van der Waals surface area contributed by atoms with Crippen LogP contribution < -0.4 is 5.73 Å². The van der Waals surface area contributed by atoms with E-state index >= 15 is 0 Å². The molecule has 2 N–H and O–H groups in total. The summed E-state index contributed by atoms with van der Waals surface area (Å²) in [5, 5.41) is 10.1. The molecule has 0 aromatic carbocycles. The molecule has 1 heterocycles. The topological polar surface area (TPSA) is 51.8 Å². The number of aryl methyl sites for hydroxylation is 1. The van der Waals surface area contributed by atoms with Crippen molar-refractivity contribution < 1.29 is 0 Å². The number of hydrogen-bond acceptors (Lipinski definition) is 4. The Kier molecular flexibility index (Phi) is 5.22. The lowest BCUT2D eigenvalue weighted by Crippen LogP contribution is -2.11. The third-order valence-electron chi connectivity index (χ3n) is 2.47. The zero-order valence-corrected chi connectivity index (χ0v) is 11.4. The highest BCUT2D eigenvalue weighted by Crippen LogP contribution is 2.27. The molecule has 1 rings (SSSR count). The summed E-state index contributed by atoms with van der Waals surface area (Å²) in [6, 6.07) is 0. The zero-order valence-electron chi connectivity index (χ0n) is 10.6. The van der Waals surface area contributed by atoms with Gasteiger partial charge in [0, 0.05) is 17.4 Å². The molecule has 0 saturated carbocycles. The second kappa shape index (κ2) is 6.21. The molecule has 16 heavy (non-hydrogen) atoms. The summed E-state index contributed by atoms with van der Waals surface area (Å²) in [5.74, 6) is 0. The summed E-state index contributed by atoms with van der Waals surface area (Å²) in [6.45, 7) is 9.14. The number of hydrogen-bond donors (Lipinski definition) is 1. The summed E-state index contributed by atoms with van der Waals surface area (Å²) in [7, 11) is 0. The van der Waals surface area contributed by atoms with Crippen molar-refractivity contribution in [3.05, 3.63) is 16.8 Å². The third-order valence-corrected chi connectivity index (χ3v) is 3.49. The fourth-order valence-corrected chi connectivity index (χ4v) is 2.64. The van der Waals surface area contributed by atoms with E-state index in [4.69, 9.17) is 5.73 Å². The standard InChI is InChI=1S/C12H21N3S/c1-5-9-10(7-13)12(16-8(3)4)15-14-11(9)6-2/h8H,5-7,13H2,1-4H3. The van der Waals surface area contributed by atoms with Gasteiger partial charge in [0.2, 0.25) is 0 Å². The van der Waals surface area contributed by atoms with E-state index in [-0.39, 0.29) is 0 Å². The SMILES string of the molecule is CCc1nnc(SC(C)C)c(CN)c1CC. The highest BCUT2D eigenvalue weighted by atomic mass is 32.2. The van der Waals surface area contributed by atoms with Crippen molar-refractivity contribution in [2.75, 3.05) is 0 Å². The number of aromatic nitrogens is 2. The van der Waals surface area contributed by atoms with Crippen LogP contribution in [-0.2, 0) is 19.4 Å². The Hall–Kier alpha value is -0.610. The molecule has 4 heteroatoms. The second-order valence-corrected chi connectivity index (χ2v) is 5.55. The van der Waals surface area contributed by atoms with Crippen LogP contribution in [0.5, 0.6) is 0 Å². The molecule has 0 unspecified atom stereocenters. The van der Waals surface area contributed by atoms with Crippen molar-refractivity contribution >= 4 is 11.8 Å². The van der Waals surface area contributed by atoms with Crippen molar-refractivity contribution in [1.82, 2.24) is 10.2 Å². The van der Waals surface area contributed by atoms with Crippen molar-refractivity contribution in [3.8, 4) is 0 Å². The van der Waals surface area contributed by atoms with Crippen LogP contribution in [0.2, 0.25) is 0 Å². The number of thioether (sulfide) groups is 1. The van der Waals surface area contributed by atoms with Gasteiger partial charge in [-0.1, -0.05) is 27.7 Å². The van der Waals surface area contributed by atoms with Gasteiger partial charge in [-0.25, -0.2) is 0 Å². The van der Waals surface area contributed by atoms with E-state index in [1.807, 2.05) is 0 Å². The Bertz CT molecular complexity index is 350.